The smallest absolute Gasteiger partial charge is 0.258 e. The number of hydrogen-bond acceptors (Lipinski definition) is 5. The predicted octanol–water partition coefficient (Wildman–Crippen LogP) is 4.34. The molecule has 8 heteroatoms. The van der Waals surface area contributed by atoms with Gasteiger partial charge in [-0.2, -0.15) is 5.10 Å². The molecule has 1 amide bonds. The molecule has 0 saturated heterocycles. The minimum Gasteiger partial charge on any atom is -0.325 e. The van der Waals surface area contributed by atoms with Crippen LogP contribution in [0.5, 0.6) is 0 Å². The van der Waals surface area contributed by atoms with E-state index >= 15 is 0 Å². The van der Waals surface area contributed by atoms with Gasteiger partial charge in [-0.05, 0) is 30.7 Å². The molecule has 2 aromatic heterocycles. The van der Waals surface area contributed by atoms with Crippen molar-refractivity contribution in [2.24, 2.45) is 0 Å². The number of carbonyl (C=O) groups excluding carboxylic acids is 1. The standard InChI is InChI=1S/C26H22N6O2/c33-23(16-8-15-22-27-21-14-7-5-12-19(21)26(34)29-22)28-20-13-6-4-11-18(20)25-30-24(31-32-25)17-9-2-1-3-10-17/h1-7,9-14H,8,15-16H2,(H,28,33)(H,27,29,34)(H,30,31,32). The Morgan fingerprint density at radius 2 is 1.65 bits per heavy atom. The fourth-order valence-corrected chi connectivity index (χ4v) is 3.78. The molecule has 3 aromatic carbocycles. The number of benzene rings is 3. The summed E-state index contributed by atoms with van der Waals surface area (Å²) >= 11 is 0. The number of carbonyl (C=O) groups is 1. The number of para-hydroxylation sites is 2. The number of aryl methyl sites for hydroxylation is 1. The van der Waals surface area contributed by atoms with Gasteiger partial charge in [-0.15, -0.1) is 0 Å². The molecule has 3 N–H and O–H groups in total. The molecule has 5 aromatic rings. The van der Waals surface area contributed by atoms with Crippen molar-refractivity contribution in [3.8, 4) is 22.8 Å². The number of nitrogens with one attached hydrogen (secondary N) is 3. The first kappa shape index (κ1) is 21.3. The zero-order valence-corrected chi connectivity index (χ0v) is 18.3. The van der Waals surface area contributed by atoms with Crippen LogP contribution in [0.2, 0.25) is 0 Å². The van der Waals surface area contributed by atoms with Gasteiger partial charge in [-0.25, -0.2) is 9.97 Å². The molecule has 0 atom stereocenters. The number of nitrogens with zero attached hydrogens (tertiary/aromatic N) is 3. The van der Waals surface area contributed by atoms with Gasteiger partial charge in [0.25, 0.3) is 5.56 Å². The summed E-state index contributed by atoms with van der Waals surface area (Å²) in [5.41, 5.74) is 2.81. The molecule has 0 unspecified atom stereocenters. The highest BCUT2D eigenvalue weighted by atomic mass is 16.1. The molecule has 0 bridgehead atoms. The summed E-state index contributed by atoms with van der Waals surface area (Å²) in [6, 6.07) is 24.4. The Bertz CT molecular complexity index is 1510. The number of aromatic amines is 2. The molecule has 8 nitrogen and oxygen atoms in total. The summed E-state index contributed by atoms with van der Waals surface area (Å²) in [5.74, 6) is 1.62. The summed E-state index contributed by atoms with van der Waals surface area (Å²) in [6.45, 7) is 0. The van der Waals surface area contributed by atoms with E-state index in [0.717, 1.165) is 11.1 Å². The lowest BCUT2D eigenvalue weighted by atomic mass is 10.1. The minimum absolute atomic E-state index is 0.126. The first-order chi connectivity index (χ1) is 16.7. The Hall–Kier alpha value is -4.59. The zero-order chi connectivity index (χ0) is 23.3. The Kier molecular flexibility index (Phi) is 5.94. The summed E-state index contributed by atoms with van der Waals surface area (Å²) < 4.78 is 0. The normalized spacial score (nSPS) is 10.9. The van der Waals surface area contributed by atoms with E-state index < -0.39 is 0 Å². The molecule has 5 rings (SSSR count). The maximum absolute atomic E-state index is 12.6. The quantitative estimate of drug-likeness (QED) is 0.341. The van der Waals surface area contributed by atoms with Crippen LogP contribution in [0, 0.1) is 0 Å². The van der Waals surface area contributed by atoms with E-state index in [9.17, 15) is 9.59 Å². The largest absolute Gasteiger partial charge is 0.325 e. The molecular formula is C26H22N6O2. The average Bonchev–Trinajstić information content (AvgIpc) is 3.35. The lowest BCUT2D eigenvalue weighted by Gasteiger charge is -2.09. The number of anilines is 1. The number of hydrogen-bond donors (Lipinski definition) is 3. The molecule has 0 spiro atoms. The van der Waals surface area contributed by atoms with Crippen molar-refractivity contribution >= 4 is 22.5 Å². The van der Waals surface area contributed by atoms with Crippen molar-refractivity contribution in [3.05, 3.63) is 95.0 Å². The lowest BCUT2D eigenvalue weighted by molar-refractivity contribution is -0.116. The maximum Gasteiger partial charge on any atom is 0.258 e. The SMILES string of the molecule is O=C(CCCc1nc2ccccc2c(=O)[nH]1)Nc1ccccc1-c1nc(-c2ccccc2)n[nH]1. The van der Waals surface area contributed by atoms with Crippen molar-refractivity contribution in [3.63, 3.8) is 0 Å². The summed E-state index contributed by atoms with van der Waals surface area (Å²) in [7, 11) is 0. The van der Waals surface area contributed by atoms with Gasteiger partial charge >= 0.3 is 0 Å². The van der Waals surface area contributed by atoms with E-state index in [1.165, 1.54) is 0 Å². The average molecular weight is 451 g/mol. The van der Waals surface area contributed by atoms with Gasteiger partial charge < -0.3 is 10.3 Å². The van der Waals surface area contributed by atoms with Gasteiger partial charge in [-0.1, -0.05) is 54.6 Å². The summed E-state index contributed by atoms with van der Waals surface area (Å²) in [6.07, 6.45) is 1.34. The van der Waals surface area contributed by atoms with Crippen LogP contribution in [0.15, 0.2) is 83.7 Å². The van der Waals surface area contributed by atoms with Crippen LogP contribution in [-0.2, 0) is 11.2 Å². The van der Waals surface area contributed by atoms with Gasteiger partial charge in [0, 0.05) is 24.0 Å². The highest BCUT2D eigenvalue weighted by molar-refractivity contribution is 5.94. The maximum atomic E-state index is 12.6. The van der Waals surface area contributed by atoms with Crippen molar-refractivity contribution in [2.45, 2.75) is 19.3 Å². The molecule has 0 saturated carbocycles. The lowest BCUT2D eigenvalue weighted by Crippen LogP contribution is -2.14. The Morgan fingerprint density at radius 3 is 2.53 bits per heavy atom. The molecule has 0 aliphatic carbocycles. The number of H-pyrrole nitrogens is 2. The second kappa shape index (κ2) is 9.50. The fourth-order valence-electron chi connectivity index (χ4n) is 3.78. The van der Waals surface area contributed by atoms with Crippen molar-refractivity contribution < 1.29 is 4.79 Å². The van der Waals surface area contributed by atoms with Gasteiger partial charge in [0.15, 0.2) is 11.6 Å². The van der Waals surface area contributed by atoms with Crippen molar-refractivity contribution in [1.29, 1.82) is 0 Å². The zero-order valence-electron chi connectivity index (χ0n) is 18.3. The molecule has 0 fully saturated rings. The summed E-state index contributed by atoms with van der Waals surface area (Å²) in [4.78, 5) is 36.7. The molecule has 168 valence electrons. The number of amides is 1. The number of aromatic nitrogens is 5. The van der Waals surface area contributed by atoms with Gasteiger partial charge in [0.05, 0.1) is 16.6 Å². The second-order valence-electron chi connectivity index (χ2n) is 7.85. The van der Waals surface area contributed by atoms with E-state index in [1.54, 1.807) is 6.07 Å². The predicted molar refractivity (Wildman–Crippen MR) is 131 cm³/mol. The van der Waals surface area contributed by atoms with Crippen LogP contribution in [-0.4, -0.2) is 31.1 Å². The Balaban J connectivity index is 1.25. The number of rotatable bonds is 7. The number of fused-ring (bicyclic) bond motifs is 1. The summed E-state index contributed by atoms with van der Waals surface area (Å²) in [5, 5.41) is 10.8. The van der Waals surface area contributed by atoms with Crippen molar-refractivity contribution in [2.75, 3.05) is 5.32 Å². The third kappa shape index (κ3) is 4.61. The molecule has 34 heavy (non-hydrogen) atoms. The third-order valence-electron chi connectivity index (χ3n) is 5.45. The Labute approximate surface area is 195 Å². The third-order valence-corrected chi connectivity index (χ3v) is 5.45. The first-order valence-corrected chi connectivity index (χ1v) is 11.0. The van der Waals surface area contributed by atoms with Crippen LogP contribution in [0.3, 0.4) is 0 Å². The highest BCUT2D eigenvalue weighted by Crippen LogP contribution is 2.27. The van der Waals surface area contributed by atoms with E-state index in [2.05, 4.69) is 30.5 Å². The van der Waals surface area contributed by atoms with Crippen LogP contribution in [0.25, 0.3) is 33.7 Å². The van der Waals surface area contributed by atoms with E-state index in [0.29, 0.717) is 46.9 Å². The van der Waals surface area contributed by atoms with Gasteiger partial charge in [-0.3, -0.25) is 14.7 Å². The minimum atomic E-state index is -0.166. The van der Waals surface area contributed by atoms with Crippen LogP contribution < -0.4 is 10.9 Å². The topological polar surface area (TPSA) is 116 Å². The van der Waals surface area contributed by atoms with Crippen LogP contribution in [0.1, 0.15) is 18.7 Å². The van der Waals surface area contributed by atoms with E-state index in [4.69, 9.17) is 0 Å². The molecule has 0 radical (unpaired) electrons. The first-order valence-electron chi connectivity index (χ1n) is 11.0. The van der Waals surface area contributed by atoms with Crippen LogP contribution >= 0.6 is 0 Å². The molecular weight excluding hydrogens is 428 g/mol. The van der Waals surface area contributed by atoms with Crippen LogP contribution in [0.4, 0.5) is 5.69 Å². The molecule has 0 aliphatic rings. The molecule has 0 aliphatic heterocycles. The fraction of sp³-hybridized carbons (Fsp3) is 0.115. The molecule has 2 heterocycles. The Morgan fingerprint density at radius 1 is 0.882 bits per heavy atom. The van der Waals surface area contributed by atoms with E-state index in [1.807, 2.05) is 72.8 Å². The van der Waals surface area contributed by atoms with Crippen molar-refractivity contribution in [1.82, 2.24) is 25.1 Å². The highest BCUT2D eigenvalue weighted by Gasteiger charge is 2.13. The van der Waals surface area contributed by atoms with Gasteiger partial charge in [0.1, 0.15) is 5.82 Å². The van der Waals surface area contributed by atoms with E-state index in [-0.39, 0.29) is 17.9 Å². The second-order valence-corrected chi connectivity index (χ2v) is 7.85. The monoisotopic (exact) mass is 450 g/mol. The van der Waals surface area contributed by atoms with Gasteiger partial charge in [0.2, 0.25) is 5.91 Å².